The van der Waals surface area contributed by atoms with Crippen molar-refractivity contribution in [3.8, 4) is 0 Å². The number of nitrogens with one attached hydrogen (secondary N) is 1. The minimum Gasteiger partial charge on any atom is -0.371 e. The Hall–Kier alpha value is 0.270. The van der Waals surface area contributed by atoms with Crippen molar-refractivity contribution in [2.75, 3.05) is 24.7 Å². The molecule has 11 heavy (non-hydrogen) atoms. The van der Waals surface area contributed by atoms with Crippen molar-refractivity contribution in [3.63, 3.8) is 0 Å². The topological polar surface area (TPSA) is 21.3 Å². The fourth-order valence-electron chi connectivity index (χ4n) is 1.61. The van der Waals surface area contributed by atoms with Crippen molar-refractivity contribution < 1.29 is 4.74 Å². The molecule has 1 N–H and O–H groups in total. The van der Waals surface area contributed by atoms with Crippen LogP contribution in [0.3, 0.4) is 0 Å². The summed E-state index contributed by atoms with van der Waals surface area (Å²) in [5, 5.41) is 3.48. The van der Waals surface area contributed by atoms with Gasteiger partial charge < -0.3 is 10.1 Å². The van der Waals surface area contributed by atoms with Crippen LogP contribution in [0.4, 0.5) is 0 Å². The molecule has 2 fully saturated rings. The summed E-state index contributed by atoms with van der Waals surface area (Å²) in [5.74, 6) is 2.46. The highest BCUT2D eigenvalue weighted by Crippen LogP contribution is 2.32. The number of rotatable bonds is 0. The van der Waals surface area contributed by atoms with E-state index in [1.807, 2.05) is 11.8 Å². The van der Waals surface area contributed by atoms with Crippen molar-refractivity contribution in [2.45, 2.75) is 25.0 Å². The number of thioether (sulfide) groups is 1. The van der Waals surface area contributed by atoms with Gasteiger partial charge >= 0.3 is 0 Å². The second-order valence-corrected chi connectivity index (χ2v) is 4.68. The predicted octanol–water partition coefficient (Wildman–Crippen LogP) is 0.870. The van der Waals surface area contributed by atoms with Crippen LogP contribution in [0, 0.1) is 0 Å². The maximum Gasteiger partial charge on any atom is 0.0904 e. The molecule has 2 rings (SSSR count). The molecule has 0 amide bonds. The molecular formula is C8H15NOS. The van der Waals surface area contributed by atoms with Crippen molar-refractivity contribution in [1.29, 1.82) is 0 Å². The minimum atomic E-state index is 0.206. The summed E-state index contributed by atoms with van der Waals surface area (Å²) >= 11 is 2.02. The maximum absolute atomic E-state index is 5.86. The lowest BCUT2D eigenvalue weighted by molar-refractivity contribution is -0.0620. The predicted molar refractivity (Wildman–Crippen MR) is 48.1 cm³/mol. The average molecular weight is 173 g/mol. The zero-order chi connectivity index (χ0) is 7.73. The van der Waals surface area contributed by atoms with E-state index in [1.165, 1.54) is 17.9 Å². The van der Waals surface area contributed by atoms with Crippen molar-refractivity contribution in [2.24, 2.45) is 0 Å². The SMILES string of the molecule is CC1COC2(CCSC2)CN1. The second kappa shape index (κ2) is 2.96. The number of ether oxygens (including phenoxy) is 1. The molecule has 0 radical (unpaired) electrons. The molecule has 0 aromatic carbocycles. The first-order chi connectivity index (χ1) is 5.31. The molecule has 2 aliphatic rings. The Labute approximate surface area is 72.1 Å². The summed E-state index contributed by atoms with van der Waals surface area (Å²) in [6.07, 6.45) is 1.23. The molecule has 2 nitrogen and oxygen atoms in total. The van der Waals surface area contributed by atoms with Gasteiger partial charge in [0.1, 0.15) is 0 Å². The van der Waals surface area contributed by atoms with Crippen LogP contribution in [0.2, 0.25) is 0 Å². The molecule has 0 aromatic heterocycles. The van der Waals surface area contributed by atoms with Crippen molar-refractivity contribution in [3.05, 3.63) is 0 Å². The molecule has 0 bridgehead atoms. The van der Waals surface area contributed by atoms with Gasteiger partial charge in [-0.1, -0.05) is 0 Å². The van der Waals surface area contributed by atoms with E-state index in [0.29, 0.717) is 6.04 Å². The molecule has 1 spiro atoms. The monoisotopic (exact) mass is 173 g/mol. The van der Waals surface area contributed by atoms with Gasteiger partial charge in [-0.05, 0) is 19.1 Å². The standard InChI is InChI=1S/C8H15NOS/c1-7-4-10-8(5-9-7)2-3-11-6-8/h7,9H,2-6H2,1H3. The highest BCUT2D eigenvalue weighted by Gasteiger charge is 2.38. The van der Waals surface area contributed by atoms with Crippen LogP contribution in [0.5, 0.6) is 0 Å². The molecule has 2 aliphatic heterocycles. The van der Waals surface area contributed by atoms with Crippen molar-refractivity contribution in [1.82, 2.24) is 5.32 Å². The van der Waals surface area contributed by atoms with E-state index >= 15 is 0 Å². The number of hydrogen-bond acceptors (Lipinski definition) is 3. The molecule has 0 aliphatic carbocycles. The summed E-state index contributed by atoms with van der Waals surface area (Å²) in [6, 6.07) is 0.547. The van der Waals surface area contributed by atoms with Crippen LogP contribution in [-0.4, -0.2) is 36.3 Å². The molecule has 0 aromatic rings. The third kappa shape index (κ3) is 1.55. The fraction of sp³-hybridized carbons (Fsp3) is 1.00. The summed E-state index contributed by atoms with van der Waals surface area (Å²) in [6.45, 7) is 4.12. The first kappa shape index (κ1) is 7.90. The lowest BCUT2D eigenvalue weighted by atomic mass is 10.0. The van der Waals surface area contributed by atoms with E-state index in [2.05, 4.69) is 12.2 Å². The minimum absolute atomic E-state index is 0.206. The largest absolute Gasteiger partial charge is 0.371 e. The van der Waals surface area contributed by atoms with Crippen molar-refractivity contribution >= 4 is 11.8 Å². The smallest absolute Gasteiger partial charge is 0.0904 e. The van der Waals surface area contributed by atoms with Gasteiger partial charge in [0.2, 0.25) is 0 Å². The molecule has 2 heterocycles. The Kier molecular flexibility index (Phi) is 2.12. The zero-order valence-corrected chi connectivity index (χ0v) is 7.75. The van der Waals surface area contributed by atoms with Crippen LogP contribution in [0.15, 0.2) is 0 Å². The molecule has 64 valence electrons. The molecule has 3 heteroatoms. The van der Waals surface area contributed by atoms with E-state index < -0.39 is 0 Å². The molecular weight excluding hydrogens is 158 g/mol. The van der Waals surface area contributed by atoms with E-state index in [0.717, 1.165) is 13.2 Å². The third-order valence-electron chi connectivity index (χ3n) is 2.48. The van der Waals surface area contributed by atoms with Gasteiger partial charge in [-0.2, -0.15) is 11.8 Å². The fourth-order valence-corrected chi connectivity index (χ4v) is 2.98. The Morgan fingerprint density at radius 2 is 2.55 bits per heavy atom. The highest BCUT2D eigenvalue weighted by atomic mass is 32.2. The zero-order valence-electron chi connectivity index (χ0n) is 6.93. The second-order valence-electron chi connectivity index (χ2n) is 3.58. The molecule has 2 saturated heterocycles. The Morgan fingerprint density at radius 1 is 1.64 bits per heavy atom. The average Bonchev–Trinajstić information content (AvgIpc) is 2.45. The quantitative estimate of drug-likeness (QED) is 0.587. The summed E-state index contributed by atoms with van der Waals surface area (Å²) in [5.41, 5.74) is 0.206. The lowest BCUT2D eigenvalue weighted by Crippen LogP contribution is -2.53. The number of hydrogen-bond donors (Lipinski definition) is 1. The molecule has 2 unspecified atom stereocenters. The summed E-state index contributed by atoms with van der Waals surface area (Å²) < 4.78 is 5.86. The summed E-state index contributed by atoms with van der Waals surface area (Å²) in [7, 11) is 0. The van der Waals surface area contributed by atoms with Gasteiger partial charge in [0.15, 0.2) is 0 Å². The Bertz CT molecular complexity index is 135. The highest BCUT2D eigenvalue weighted by molar-refractivity contribution is 7.99. The van der Waals surface area contributed by atoms with Gasteiger partial charge in [-0.3, -0.25) is 0 Å². The number of morpholine rings is 1. The van der Waals surface area contributed by atoms with Gasteiger partial charge in [0, 0.05) is 18.3 Å². The van der Waals surface area contributed by atoms with E-state index in [1.54, 1.807) is 0 Å². The first-order valence-corrected chi connectivity index (χ1v) is 5.41. The first-order valence-electron chi connectivity index (χ1n) is 4.26. The third-order valence-corrected chi connectivity index (χ3v) is 3.70. The molecule has 0 saturated carbocycles. The van der Waals surface area contributed by atoms with E-state index in [4.69, 9.17) is 4.74 Å². The normalized spacial score (nSPS) is 45.0. The van der Waals surface area contributed by atoms with Crippen LogP contribution >= 0.6 is 11.8 Å². The van der Waals surface area contributed by atoms with Crippen LogP contribution in [0.25, 0.3) is 0 Å². The van der Waals surface area contributed by atoms with Gasteiger partial charge in [0.05, 0.1) is 12.2 Å². The van der Waals surface area contributed by atoms with E-state index in [-0.39, 0.29) is 5.60 Å². The van der Waals surface area contributed by atoms with Gasteiger partial charge in [-0.15, -0.1) is 0 Å². The van der Waals surface area contributed by atoms with Gasteiger partial charge in [-0.25, -0.2) is 0 Å². The van der Waals surface area contributed by atoms with E-state index in [9.17, 15) is 0 Å². The Balaban J connectivity index is 1.94. The van der Waals surface area contributed by atoms with Crippen LogP contribution in [0.1, 0.15) is 13.3 Å². The Morgan fingerprint density at radius 3 is 3.09 bits per heavy atom. The van der Waals surface area contributed by atoms with Crippen LogP contribution < -0.4 is 5.32 Å². The molecule has 2 atom stereocenters. The van der Waals surface area contributed by atoms with Gasteiger partial charge in [0.25, 0.3) is 0 Å². The maximum atomic E-state index is 5.86. The van der Waals surface area contributed by atoms with Crippen LogP contribution in [-0.2, 0) is 4.74 Å². The lowest BCUT2D eigenvalue weighted by Gasteiger charge is -2.36. The summed E-state index contributed by atoms with van der Waals surface area (Å²) in [4.78, 5) is 0.